The summed E-state index contributed by atoms with van der Waals surface area (Å²) in [5.41, 5.74) is 6.22. The van der Waals surface area contributed by atoms with Crippen LogP contribution >= 0.6 is 0 Å². The first kappa shape index (κ1) is 16.4. The molecule has 0 saturated carbocycles. The van der Waals surface area contributed by atoms with Crippen molar-refractivity contribution in [3.63, 3.8) is 0 Å². The second-order valence-corrected chi connectivity index (χ2v) is 7.62. The fraction of sp³-hybridized carbons (Fsp3) is 0.348. The van der Waals surface area contributed by atoms with Crippen molar-refractivity contribution in [2.24, 2.45) is 0 Å². The molecule has 0 saturated heterocycles. The minimum absolute atomic E-state index is 0.0991. The van der Waals surface area contributed by atoms with E-state index in [0.29, 0.717) is 6.42 Å². The zero-order chi connectivity index (χ0) is 18.2. The SMILES string of the molecule is O=C(CCc1ccc2c(c1)CCO2)N[C@@H]1CCCc2c1[nH]c1ccccc21. The van der Waals surface area contributed by atoms with Crippen molar-refractivity contribution < 1.29 is 9.53 Å². The van der Waals surface area contributed by atoms with Crippen molar-refractivity contribution in [2.75, 3.05) is 6.61 Å². The Hall–Kier alpha value is -2.75. The third kappa shape index (κ3) is 3.09. The minimum Gasteiger partial charge on any atom is -0.493 e. The number of hydrogen-bond donors (Lipinski definition) is 2. The minimum atomic E-state index is 0.0991. The maximum atomic E-state index is 12.6. The van der Waals surface area contributed by atoms with E-state index in [1.807, 2.05) is 6.07 Å². The molecule has 1 aliphatic heterocycles. The average molecular weight is 360 g/mol. The molecule has 138 valence electrons. The standard InChI is InChI=1S/C23H24N2O2/c26-22(11-9-15-8-10-21-16(14-15)12-13-27-21)24-20-7-3-5-18-17-4-1-2-6-19(17)25-23(18)20/h1-2,4,6,8,10,14,20,25H,3,5,7,9,11-13H2,(H,24,26)/t20-/m1/s1. The number of amides is 1. The van der Waals surface area contributed by atoms with Gasteiger partial charge in [-0.1, -0.05) is 30.3 Å². The van der Waals surface area contributed by atoms with E-state index in [2.05, 4.69) is 46.7 Å². The van der Waals surface area contributed by atoms with Crippen LogP contribution in [0.2, 0.25) is 0 Å². The Kier molecular flexibility index (Phi) is 4.12. The van der Waals surface area contributed by atoms with Gasteiger partial charge in [-0.25, -0.2) is 0 Å². The van der Waals surface area contributed by atoms with E-state index in [1.54, 1.807) is 0 Å². The van der Waals surface area contributed by atoms with Crippen LogP contribution in [0.5, 0.6) is 5.75 Å². The number of para-hydroxylation sites is 1. The third-order valence-corrected chi connectivity index (χ3v) is 5.84. The lowest BCUT2D eigenvalue weighted by molar-refractivity contribution is -0.121. The quantitative estimate of drug-likeness (QED) is 0.732. The van der Waals surface area contributed by atoms with Gasteiger partial charge in [-0.15, -0.1) is 0 Å². The van der Waals surface area contributed by atoms with E-state index in [1.165, 1.54) is 33.3 Å². The summed E-state index contributed by atoms with van der Waals surface area (Å²) >= 11 is 0. The molecular weight excluding hydrogens is 336 g/mol. The molecule has 0 spiro atoms. The van der Waals surface area contributed by atoms with Gasteiger partial charge in [0.15, 0.2) is 0 Å². The average Bonchev–Trinajstić information content (AvgIpc) is 3.31. The normalized spacial score (nSPS) is 18.0. The summed E-state index contributed by atoms with van der Waals surface area (Å²) in [6.07, 6.45) is 5.47. The van der Waals surface area contributed by atoms with Crippen molar-refractivity contribution in [3.8, 4) is 5.75 Å². The number of fused-ring (bicyclic) bond motifs is 4. The summed E-state index contributed by atoms with van der Waals surface area (Å²) in [7, 11) is 0. The largest absolute Gasteiger partial charge is 0.493 e. The van der Waals surface area contributed by atoms with Crippen molar-refractivity contribution in [2.45, 2.75) is 44.6 Å². The Morgan fingerprint density at radius 1 is 1.19 bits per heavy atom. The van der Waals surface area contributed by atoms with Gasteiger partial charge in [-0.05, 0) is 54.5 Å². The van der Waals surface area contributed by atoms with E-state index in [0.717, 1.165) is 44.5 Å². The predicted molar refractivity (Wildman–Crippen MR) is 106 cm³/mol. The monoisotopic (exact) mass is 360 g/mol. The van der Waals surface area contributed by atoms with Crippen LogP contribution in [0.1, 0.15) is 47.7 Å². The molecular formula is C23H24N2O2. The molecule has 5 rings (SSSR count). The number of nitrogens with one attached hydrogen (secondary N) is 2. The topological polar surface area (TPSA) is 54.1 Å². The van der Waals surface area contributed by atoms with Crippen LogP contribution in [0.25, 0.3) is 10.9 Å². The highest BCUT2D eigenvalue weighted by Gasteiger charge is 2.25. The van der Waals surface area contributed by atoms with E-state index in [-0.39, 0.29) is 11.9 Å². The van der Waals surface area contributed by atoms with Crippen molar-refractivity contribution in [1.82, 2.24) is 10.3 Å². The number of H-pyrrole nitrogens is 1. The number of carbonyl (C=O) groups is 1. The number of rotatable bonds is 4. The van der Waals surface area contributed by atoms with Gasteiger partial charge >= 0.3 is 0 Å². The molecule has 4 nitrogen and oxygen atoms in total. The molecule has 0 unspecified atom stereocenters. The molecule has 0 bridgehead atoms. The van der Waals surface area contributed by atoms with Crippen LogP contribution in [-0.2, 0) is 24.1 Å². The zero-order valence-electron chi connectivity index (χ0n) is 15.4. The predicted octanol–water partition coefficient (Wildman–Crippen LogP) is 4.23. The number of aromatic nitrogens is 1. The fourth-order valence-electron chi connectivity index (χ4n) is 4.48. The highest BCUT2D eigenvalue weighted by Crippen LogP contribution is 2.34. The van der Waals surface area contributed by atoms with E-state index in [4.69, 9.17) is 4.74 Å². The lowest BCUT2D eigenvalue weighted by Gasteiger charge is -2.24. The van der Waals surface area contributed by atoms with Crippen molar-refractivity contribution >= 4 is 16.8 Å². The summed E-state index contributed by atoms with van der Waals surface area (Å²) in [5, 5.41) is 4.56. The van der Waals surface area contributed by atoms with Gasteiger partial charge in [0.2, 0.25) is 5.91 Å². The van der Waals surface area contributed by atoms with Crippen molar-refractivity contribution in [1.29, 1.82) is 0 Å². The van der Waals surface area contributed by atoms with E-state index in [9.17, 15) is 4.79 Å². The lowest BCUT2D eigenvalue weighted by Crippen LogP contribution is -2.31. The Bertz CT molecular complexity index is 1000. The first-order valence-electron chi connectivity index (χ1n) is 9.91. The molecule has 0 fully saturated rings. The summed E-state index contributed by atoms with van der Waals surface area (Å²) in [6, 6.07) is 14.8. The summed E-state index contributed by atoms with van der Waals surface area (Å²) in [5.74, 6) is 1.13. The Balaban J connectivity index is 1.27. The third-order valence-electron chi connectivity index (χ3n) is 5.84. The molecule has 2 heterocycles. The van der Waals surface area contributed by atoms with E-state index < -0.39 is 0 Å². The van der Waals surface area contributed by atoms with Crippen molar-refractivity contribution in [3.05, 3.63) is 64.8 Å². The molecule has 1 aliphatic carbocycles. The molecule has 2 aliphatic rings. The smallest absolute Gasteiger partial charge is 0.220 e. The summed E-state index contributed by atoms with van der Waals surface area (Å²) in [4.78, 5) is 16.1. The maximum Gasteiger partial charge on any atom is 0.220 e. The van der Waals surface area contributed by atoms with Crippen LogP contribution in [0.15, 0.2) is 42.5 Å². The highest BCUT2D eigenvalue weighted by atomic mass is 16.5. The van der Waals surface area contributed by atoms with Crippen LogP contribution < -0.4 is 10.1 Å². The Labute approximate surface area is 158 Å². The summed E-state index contributed by atoms with van der Waals surface area (Å²) in [6.45, 7) is 0.772. The van der Waals surface area contributed by atoms with Gasteiger partial charge < -0.3 is 15.0 Å². The maximum absolute atomic E-state index is 12.6. The number of carbonyl (C=O) groups excluding carboxylic acids is 1. The number of benzene rings is 2. The van der Waals surface area contributed by atoms with E-state index >= 15 is 0 Å². The second-order valence-electron chi connectivity index (χ2n) is 7.62. The first-order valence-corrected chi connectivity index (χ1v) is 9.91. The molecule has 1 atom stereocenters. The zero-order valence-corrected chi connectivity index (χ0v) is 15.4. The molecule has 1 aromatic heterocycles. The van der Waals surface area contributed by atoms with Crippen LogP contribution in [0.3, 0.4) is 0 Å². The van der Waals surface area contributed by atoms with Gasteiger partial charge in [0.25, 0.3) is 0 Å². The second kappa shape index (κ2) is 6.76. The first-order chi connectivity index (χ1) is 13.3. The van der Waals surface area contributed by atoms with Crippen LogP contribution in [0, 0.1) is 0 Å². The van der Waals surface area contributed by atoms with Gasteiger partial charge in [0.05, 0.1) is 12.6 Å². The Morgan fingerprint density at radius 3 is 3.07 bits per heavy atom. The lowest BCUT2D eigenvalue weighted by atomic mass is 9.91. The molecule has 1 amide bonds. The van der Waals surface area contributed by atoms with Gasteiger partial charge in [-0.2, -0.15) is 0 Å². The van der Waals surface area contributed by atoms with Gasteiger partial charge in [-0.3, -0.25) is 4.79 Å². The van der Waals surface area contributed by atoms with Crippen LogP contribution in [-0.4, -0.2) is 17.5 Å². The van der Waals surface area contributed by atoms with Gasteiger partial charge in [0, 0.05) is 29.4 Å². The molecule has 2 N–H and O–H groups in total. The molecule has 0 radical (unpaired) electrons. The molecule has 2 aromatic carbocycles. The molecule has 27 heavy (non-hydrogen) atoms. The number of aryl methyl sites for hydroxylation is 2. The molecule has 3 aromatic rings. The number of ether oxygens (including phenoxy) is 1. The number of hydrogen-bond acceptors (Lipinski definition) is 2. The van der Waals surface area contributed by atoms with Gasteiger partial charge in [0.1, 0.15) is 5.75 Å². The molecule has 4 heteroatoms. The van der Waals surface area contributed by atoms with Crippen LogP contribution in [0.4, 0.5) is 0 Å². The Morgan fingerprint density at radius 2 is 2.11 bits per heavy atom. The highest BCUT2D eigenvalue weighted by molar-refractivity contribution is 5.85. The fourth-order valence-corrected chi connectivity index (χ4v) is 4.48. The summed E-state index contributed by atoms with van der Waals surface area (Å²) < 4.78 is 5.55. The number of aromatic amines is 1.